The highest BCUT2D eigenvalue weighted by Crippen LogP contribution is 2.37. The van der Waals surface area contributed by atoms with Crippen LogP contribution in [0.3, 0.4) is 0 Å². The zero-order chi connectivity index (χ0) is 11.8. The zero-order valence-electron chi connectivity index (χ0n) is 10.7. The predicted octanol–water partition coefficient (Wildman–Crippen LogP) is 3.20. The minimum atomic E-state index is 0.925. The molecule has 1 aromatic carbocycles. The summed E-state index contributed by atoms with van der Waals surface area (Å²) in [4.78, 5) is 2.53. The van der Waals surface area contributed by atoms with Crippen molar-refractivity contribution in [2.75, 3.05) is 23.7 Å². The lowest BCUT2D eigenvalue weighted by Gasteiger charge is -2.26. The number of anilines is 2. The fourth-order valence-corrected chi connectivity index (χ4v) is 2.46. The van der Waals surface area contributed by atoms with Crippen molar-refractivity contribution >= 4 is 11.4 Å². The van der Waals surface area contributed by atoms with Gasteiger partial charge in [0.25, 0.3) is 0 Å². The van der Waals surface area contributed by atoms with Crippen LogP contribution in [0, 0.1) is 18.8 Å². The molecule has 2 heteroatoms. The average Bonchev–Trinajstić information content (AvgIpc) is 3.11. The second-order valence-corrected chi connectivity index (χ2v) is 5.85. The van der Waals surface area contributed by atoms with Crippen LogP contribution in [0.2, 0.25) is 0 Å². The molecular weight excluding hydrogens is 208 g/mol. The first-order valence-corrected chi connectivity index (χ1v) is 6.83. The predicted molar refractivity (Wildman–Crippen MR) is 73.3 cm³/mol. The van der Waals surface area contributed by atoms with Gasteiger partial charge in [-0.1, -0.05) is 6.07 Å². The molecule has 0 aliphatic heterocycles. The lowest BCUT2D eigenvalue weighted by Crippen LogP contribution is -2.28. The minimum Gasteiger partial charge on any atom is -0.397 e. The van der Waals surface area contributed by atoms with Crippen molar-refractivity contribution < 1.29 is 0 Å². The molecule has 0 amide bonds. The third-order valence-corrected chi connectivity index (χ3v) is 3.87. The summed E-state index contributed by atoms with van der Waals surface area (Å²) in [5.74, 6) is 1.85. The molecule has 2 aliphatic rings. The number of nitrogen functional groups attached to an aromatic ring is 1. The van der Waals surface area contributed by atoms with E-state index < -0.39 is 0 Å². The number of hydrogen-bond donors (Lipinski definition) is 1. The van der Waals surface area contributed by atoms with Gasteiger partial charge in [0.1, 0.15) is 0 Å². The van der Waals surface area contributed by atoms with Crippen molar-refractivity contribution in [2.45, 2.75) is 32.6 Å². The molecule has 1 aromatic rings. The van der Waals surface area contributed by atoms with Crippen molar-refractivity contribution in [2.24, 2.45) is 11.8 Å². The van der Waals surface area contributed by atoms with Crippen LogP contribution in [-0.4, -0.2) is 13.1 Å². The minimum absolute atomic E-state index is 0.925. The first-order valence-electron chi connectivity index (χ1n) is 6.83. The average molecular weight is 230 g/mol. The largest absolute Gasteiger partial charge is 0.397 e. The summed E-state index contributed by atoms with van der Waals surface area (Å²) in [6.45, 7) is 4.53. The van der Waals surface area contributed by atoms with Crippen LogP contribution in [0.5, 0.6) is 0 Å². The van der Waals surface area contributed by atoms with Crippen molar-refractivity contribution in [3.63, 3.8) is 0 Å². The summed E-state index contributed by atoms with van der Waals surface area (Å²) in [7, 11) is 0. The number of hydrogen-bond acceptors (Lipinski definition) is 2. The van der Waals surface area contributed by atoms with Gasteiger partial charge in [0.15, 0.2) is 0 Å². The molecule has 2 nitrogen and oxygen atoms in total. The fraction of sp³-hybridized carbons (Fsp3) is 0.600. The molecule has 0 atom stereocenters. The molecule has 92 valence electrons. The normalized spacial score (nSPS) is 19.4. The van der Waals surface area contributed by atoms with E-state index in [0.29, 0.717) is 0 Å². The van der Waals surface area contributed by atoms with Crippen LogP contribution >= 0.6 is 0 Å². The smallest absolute Gasteiger partial charge is 0.0600 e. The summed E-state index contributed by atoms with van der Waals surface area (Å²) < 4.78 is 0. The maximum absolute atomic E-state index is 6.17. The summed E-state index contributed by atoms with van der Waals surface area (Å²) in [5.41, 5.74) is 9.64. The van der Waals surface area contributed by atoms with Crippen molar-refractivity contribution in [3.05, 3.63) is 23.8 Å². The Labute approximate surface area is 104 Å². The summed E-state index contributed by atoms with van der Waals surface area (Å²) >= 11 is 0. The van der Waals surface area contributed by atoms with Crippen molar-refractivity contribution in [1.29, 1.82) is 0 Å². The number of aryl methyl sites for hydroxylation is 1. The number of benzene rings is 1. The van der Waals surface area contributed by atoms with Gasteiger partial charge in [-0.05, 0) is 62.1 Å². The third-order valence-electron chi connectivity index (χ3n) is 3.87. The first kappa shape index (κ1) is 10.9. The standard InChI is InChI=1S/C15H22N2/c1-11-2-7-15(14(16)8-11)17(9-12-3-4-12)10-13-5-6-13/h2,7-8,12-13H,3-6,9-10,16H2,1H3. The van der Waals surface area contributed by atoms with Gasteiger partial charge in [-0.15, -0.1) is 0 Å². The highest BCUT2D eigenvalue weighted by Gasteiger charge is 2.29. The Balaban J connectivity index is 1.78. The van der Waals surface area contributed by atoms with Crippen LogP contribution in [0.25, 0.3) is 0 Å². The zero-order valence-corrected chi connectivity index (χ0v) is 10.7. The molecule has 0 unspecified atom stereocenters. The molecule has 0 radical (unpaired) electrons. The van der Waals surface area contributed by atoms with Gasteiger partial charge in [0.05, 0.1) is 11.4 Å². The van der Waals surface area contributed by atoms with E-state index in [2.05, 4.69) is 30.0 Å². The monoisotopic (exact) mass is 230 g/mol. The SMILES string of the molecule is Cc1ccc(N(CC2CC2)CC2CC2)c(N)c1. The van der Waals surface area contributed by atoms with Crippen LogP contribution in [0.15, 0.2) is 18.2 Å². The number of rotatable bonds is 5. The van der Waals surface area contributed by atoms with Crippen LogP contribution in [0.1, 0.15) is 31.2 Å². The maximum Gasteiger partial charge on any atom is 0.0600 e. The van der Waals surface area contributed by atoms with E-state index in [9.17, 15) is 0 Å². The van der Waals surface area contributed by atoms with Crippen molar-refractivity contribution in [1.82, 2.24) is 0 Å². The van der Waals surface area contributed by atoms with Gasteiger partial charge in [-0.3, -0.25) is 0 Å². The number of nitrogens with two attached hydrogens (primary N) is 1. The molecule has 2 fully saturated rings. The second-order valence-electron chi connectivity index (χ2n) is 5.85. The molecule has 2 saturated carbocycles. The van der Waals surface area contributed by atoms with E-state index in [-0.39, 0.29) is 0 Å². The van der Waals surface area contributed by atoms with E-state index in [1.807, 2.05) is 0 Å². The molecule has 0 heterocycles. The summed E-state index contributed by atoms with van der Waals surface area (Å²) in [6.07, 6.45) is 5.64. The van der Waals surface area contributed by atoms with Crippen molar-refractivity contribution in [3.8, 4) is 0 Å². The molecule has 0 saturated heterocycles. The van der Waals surface area contributed by atoms with Gasteiger partial charge in [-0.25, -0.2) is 0 Å². The Hall–Kier alpha value is -1.18. The molecule has 0 spiro atoms. The Bertz CT molecular complexity index is 391. The van der Waals surface area contributed by atoms with Crippen LogP contribution in [-0.2, 0) is 0 Å². The van der Waals surface area contributed by atoms with Gasteiger partial charge < -0.3 is 10.6 Å². The fourth-order valence-electron chi connectivity index (χ4n) is 2.46. The highest BCUT2D eigenvalue weighted by molar-refractivity contribution is 5.68. The van der Waals surface area contributed by atoms with Gasteiger partial charge in [0, 0.05) is 13.1 Å². The topological polar surface area (TPSA) is 29.3 Å². The van der Waals surface area contributed by atoms with E-state index in [1.54, 1.807) is 0 Å². The maximum atomic E-state index is 6.17. The van der Waals surface area contributed by atoms with Gasteiger partial charge >= 0.3 is 0 Å². The Morgan fingerprint density at radius 1 is 1.12 bits per heavy atom. The molecule has 17 heavy (non-hydrogen) atoms. The van der Waals surface area contributed by atoms with E-state index in [4.69, 9.17) is 5.73 Å². The molecule has 0 bridgehead atoms. The Morgan fingerprint density at radius 3 is 2.18 bits per heavy atom. The molecule has 2 N–H and O–H groups in total. The van der Waals surface area contributed by atoms with Crippen LogP contribution in [0.4, 0.5) is 11.4 Å². The number of nitrogens with zero attached hydrogens (tertiary/aromatic N) is 1. The molecule has 2 aliphatic carbocycles. The first-order chi connectivity index (χ1) is 8.22. The molecule has 3 rings (SSSR count). The quantitative estimate of drug-likeness (QED) is 0.787. The molecule has 0 aromatic heterocycles. The van der Waals surface area contributed by atoms with E-state index in [0.717, 1.165) is 17.5 Å². The van der Waals surface area contributed by atoms with Gasteiger partial charge in [0.2, 0.25) is 0 Å². The lowest BCUT2D eigenvalue weighted by molar-refractivity contribution is 0.680. The second kappa shape index (κ2) is 4.25. The summed E-state index contributed by atoms with van der Waals surface area (Å²) in [5, 5.41) is 0. The summed E-state index contributed by atoms with van der Waals surface area (Å²) in [6, 6.07) is 6.48. The Morgan fingerprint density at radius 2 is 1.71 bits per heavy atom. The third kappa shape index (κ3) is 2.74. The van der Waals surface area contributed by atoms with E-state index >= 15 is 0 Å². The van der Waals surface area contributed by atoms with Crippen LogP contribution < -0.4 is 10.6 Å². The van der Waals surface area contributed by atoms with Gasteiger partial charge in [-0.2, -0.15) is 0 Å². The lowest BCUT2D eigenvalue weighted by atomic mass is 10.1. The molecular formula is C15H22N2. The highest BCUT2D eigenvalue weighted by atomic mass is 15.1. The Kier molecular flexibility index (Phi) is 2.73. The van der Waals surface area contributed by atoms with E-state index in [1.165, 1.54) is 50.0 Å².